The van der Waals surface area contributed by atoms with Gasteiger partial charge in [0.2, 0.25) is 5.91 Å². The van der Waals surface area contributed by atoms with Crippen LogP contribution in [0.2, 0.25) is 0 Å². The van der Waals surface area contributed by atoms with E-state index < -0.39 is 17.5 Å². The van der Waals surface area contributed by atoms with Gasteiger partial charge in [-0.2, -0.15) is 13.2 Å². The molecule has 0 saturated heterocycles. The fraction of sp³-hybridized carbons (Fsp3) is 0.250. The molecule has 0 unspecified atom stereocenters. The number of hydrogen-bond donors (Lipinski definition) is 1. The van der Waals surface area contributed by atoms with E-state index in [2.05, 4.69) is 20.4 Å². The fourth-order valence-electron chi connectivity index (χ4n) is 3.78. The quantitative estimate of drug-likeness (QED) is 0.425. The third-order valence-electron chi connectivity index (χ3n) is 5.91. The highest BCUT2D eigenvalue weighted by molar-refractivity contribution is 5.91. The van der Waals surface area contributed by atoms with Gasteiger partial charge >= 0.3 is 6.18 Å². The zero-order chi connectivity index (χ0) is 23.9. The van der Waals surface area contributed by atoms with Gasteiger partial charge in [0.25, 0.3) is 0 Å². The van der Waals surface area contributed by atoms with Gasteiger partial charge in [-0.15, -0.1) is 0 Å². The molecule has 7 nitrogen and oxygen atoms in total. The predicted octanol–water partition coefficient (Wildman–Crippen LogP) is 5.07. The summed E-state index contributed by atoms with van der Waals surface area (Å²) in [6, 6.07) is 13.8. The summed E-state index contributed by atoms with van der Waals surface area (Å²) in [5.41, 5.74) is 1.68. The summed E-state index contributed by atoms with van der Waals surface area (Å²) < 4.78 is 49.8. The number of nitrogens with zero attached hydrogens (tertiary/aromatic N) is 3. The average molecular weight is 468 g/mol. The van der Waals surface area contributed by atoms with Crippen LogP contribution in [-0.4, -0.2) is 34.3 Å². The lowest BCUT2D eigenvalue weighted by atomic mass is 10.0. The van der Waals surface area contributed by atoms with Crippen molar-refractivity contribution >= 4 is 22.8 Å². The van der Waals surface area contributed by atoms with Crippen molar-refractivity contribution in [2.75, 3.05) is 12.4 Å². The molecular weight excluding hydrogens is 449 g/mol. The molecule has 0 atom stereocenters. The highest BCUT2D eigenvalue weighted by Crippen LogP contribution is 2.59. The van der Waals surface area contributed by atoms with Crippen LogP contribution in [0, 0.1) is 0 Å². The van der Waals surface area contributed by atoms with Crippen LogP contribution in [0.4, 0.5) is 19.0 Å². The van der Waals surface area contributed by atoms with E-state index in [4.69, 9.17) is 9.26 Å². The molecule has 1 aliphatic rings. The number of carbonyl (C=O) groups is 1. The van der Waals surface area contributed by atoms with Crippen molar-refractivity contribution in [3.63, 3.8) is 0 Å². The summed E-state index contributed by atoms with van der Waals surface area (Å²) in [6.07, 6.45) is -2.79. The van der Waals surface area contributed by atoms with Crippen molar-refractivity contribution in [1.82, 2.24) is 15.1 Å². The maximum Gasteiger partial charge on any atom is 0.401 e. The third kappa shape index (κ3) is 4.07. The number of nitrogens with one attached hydrogen (secondary N) is 1. The highest BCUT2D eigenvalue weighted by atomic mass is 19.4. The van der Waals surface area contributed by atoms with E-state index in [0.717, 1.165) is 17.1 Å². The number of hydrogen-bond acceptors (Lipinski definition) is 6. The van der Waals surface area contributed by atoms with Gasteiger partial charge in [-0.3, -0.25) is 9.78 Å². The van der Waals surface area contributed by atoms with Gasteiger partial charge in [-0.1, -0.05) is 29.4 Å². The number of alkyl halides is 3. The molecule has 1 fully saturated rings. The Morgan fingerprint density at radius 2 is 1.88 bits per heavy atom. The molecule has 4 aromatic rings. The first kappa shape index (κ1) is 21.9. The number of aromatic nitrogens is 3. The molecule has 0 bridgehead atoms. The van der Waals surface area contributed by atoms with E-state index >= 15 is 0 Å². The predicted molar refractivity (Wildman–Crippen MR) is 117 cm³/mol. The largest absolute Gasteiger partial charge is 0.497 e. The number of fused-ring (bicyclic) bond motifs is 1. The van der Waals surface area contributed by atoms with Crippen LogP contribution in [0.3, 0.4) is 0 Å². The molecule has 0 radical (unpaired) electrons. The van der Waals surface area contributed by atoms with Crippen molar-refractivity contribution in [2.45, 2.75) is 30.9 Å². The lowest BCUT2D eigenvalue weighted by Crippen LogP contribution is -2.28. The standard InChI is InChI=1S/C24H19F3N4O3/c1-33-16-6-7-17-18(11-16)29-19(13-28-17)15-4-2-14(3-5-15)10-22(32)30-21-12-20(34-31-21)23(8-9-23)24(25,26)27/h2-7,11-13H,8-10H2,1H3,(H,30,31,32). The molecule has 174 valence electrons. The molecule has 10 heteroatoms. The van der Waals surface area contributed by atoms with E-state index in [-0.39, 0.29) is 30.8 Å². The second kappa shape index (κ2) is 8.12. The lowest BCUT2D eigenvalue weighted by molar-refractivity contribution is -0.165. The van der Waals surface area contributed by atoms with E-state index in [9.17, 15) is 18.0 Å². The van der Waals surface area contributed by atoms with Gasteiger partial charge in [-0.05, 0) is 30.5 Å². The number of amides is 1. The van der Waals surface area contributed by atoms with Crippen LogP contribution in [0.5, 0.6) is 5.75 Å². The molecule has 5 rings (SSSR count). The van der Waals surface area contributed by atoms with Gasteiger partial charge in [0.15, 0.2) is 11.6 Å². The molecule has 0 aliphatic heterocycles. The SMILES string of the molecule is COc1ccc2ncc(-c3ccc(CC(=O)Nc4cc(C5(C(F)(F)F)CC5)on4)cc3)nc2c1. The lowest BCUT2D eigenvalue weighted by Gasteiger charge is -2.14. The van der Waals surface area contributed by atoms with Crippen LogP contribution >= 0.6 is 0 Å². The fourth-order valence-corrected chi connectivity index (χ4v) is 3.78. The maximum atomic E-state index is 13.2. The monoisotopic (exact) mass is 468 g/mol. The highest BCUT2D eigenvalue weighted by Gasteiger charge is 2.66. The molecule has 1 saturated carbocycles. The number of ether oxygens (including phenoxy) is 1. The summed E-state index contributed by atoms with van der Waals surface area (Å²) in [6.45, 7) is 0. The molecule has 0 spiro atoms. The molecule has 1 N–H and O–H groups in total. The number of benzene rings is 2. The summed E-state index contributed by atoms with van der Waals surface area (Å²) in [5.74, 6) is -0.0323. The zero-order valence-electron chi connectivity index (χ0n) is 18.0. The summed E-state index contributed by atoms with van der Waals surface area (Å²) in [7, 11) is 1.58. The molecule has 2 heterocycles. The molecule has 1 amide bonds. The summed E-state index contributed by atoms with van der Waals surface area (Å²) in [4.78, 5) is 21.4. The van der Waals surface area contributed by atoms with Crippen molar-refractivity contribution in [3.05, 3.63) is 66.1 Å². The number of carbonyl (C=O) groups excluding carboxylic acids is 1. The second-order valence-corrected chi connectivity index (χ2v) is 8.19. The molecule has 2 aromatic carbocycles. The Kier molecular flexibility index (Phi) is 5.22. The minimum Gasteiger partial charge on any atom is -0.497 e. The number of methoxy groups -OCH3 is 1. The topological polar surface area (TPSA) is 90.1 Å². The Morgan fingerprint density at radius 3 is 2.56 bits per heavy atom. The first-order valence-electron chi connectivity index (χ1n) is 10.5. The molecule has 34 heavy (non-hydrogen) atoms. The average Bonchev–Trinajstić information content (AvgIpc) is 3.53. The second-order valence-electron chi connectivity index (χ2n) is 8.19. The van der Waals surface area contributed by atoms with Crippen molar-refractivity contribution < 1.29 is 27.2 Å². The Bertz CT molecular complexity index is 1360. The van der Waals surface area contributed by atoms with E-state index in [1.165, 1.54) is 0 Å². The Labute approximate surface area is 192 Å². The van der Waals surface area contributed by atoms with Crippen LogP contribution in [0.15, 0.2) is 59.3 Å². The van der Waals surface area contributed by atoms with Gasteiger partial charge in [0.1, 0.15) is 11.2 Å². The minimum absolute atomic E-state index is 0.0213. The van der Waals surface area contributed by atoms with Crippen molar-refractivity contribution in [2.24, 2.45) is 0 Å². The van der Waals surface area contributed by atoms with Crippen molar-refractivity contribution in [1.29, 1.82) is 0 Å². The number of halogens is 3. The normalized spacial score (nSPS) is 14.7. The smallest absolute Gasteiger partial charge is 0.401 e. The van der Waals surface area contributed by atoms with E-state index in [1.807, 2.05) is 24.3 Å². The summed E-state index contributed by atoms with van der Waals surface area (Å²) in [5, 5.41) is 6.07. The van der Waals surface area contributed by atoms with Crippen LogP contribution in [0.25, 0.3) is 22.3 Å². The van der Waals surface area contributed by atoms with E-state index in [1.54, 1.807) is 31.5 Å². The molecular formula is C24H19F3N4O3. The zero-order valence-corrected chi connectivity index (χ0v) is 18.0. The Balaban J connectivity index is 1.25. The van der Waals surface area contributed by atoms with Gasteiger partial charge < -0.3 is 14.6 Å². The van der Waals surface area contributed by atoms with Crippen LogP contribution in [-0.2, 0) is 16.6 Å². The Morgan fingerprint density at radius 1 is 1.12 bits per heavy atom. The van der Waals surface area contributed by atoms with Gasteiger partial charge in [0.05, 0.1) is 36.5 Å². The van der Waals surface area contributed by atoms with E-state index in [0.29, 0.717) is 22.5 Å². The van der Waals surface area contributed by atoms with Crippen LogP contribution < -0.4 is 10.1 Å². The van der Waals surface area contributed by atoms with Gasteiger partial charge in [-0.25, -0.2) is 4.98 Å². The molecule has 1 aliphatic carbocycles. The number of anilines is 1. The third-order valence-corrected chi connectivity index (χ3v) is 5.91. The van der Waals surface area contributed by atoms with Gasteiger partial charge in [0, 0.05) is 17.7 Å². The van der Waals surface area contributed by atoms with Crippen LogP contribution in [0.1, 0.15) is 24.2 Å². The minimum atomic E-state index is -4.41. The first-order valence-corrected chi connectivity index (χ1v) is 10.5. The van der Waals surface area contributed by atoms with Crippen molar-refractivity contribution in [3.8, 4) is 17.0 Å². The number of rotatable bonds is 6. The maximum absolute atomic E-state index is 13.2. The Hall–Kier alpha value is -3.95. The summed E-state index contributed by atoms with van der Waals surface area (Å²) >= 11 is 0. The molecule has 2 aromatic heterocycles. The first-order chi connectivity index (χ1) is 16.3.